The fourth-order valence-electron chi connectivity index (χ4n) is 2.74. The summed E-state index contributed by atoms with van der Waals surface area (Å²) in [5.41, 5.74) is 3.91. The number of benzene rings is 1. The van der Waals surface area contributed by atoms with Gasteiger partial charge in [0.05, 0.1) is 7.11 Å². The minimum Gasteiger partial charge on any atom is -0.497 e. The number of ether oxygens (including phenoxy) is 1. The second-order valence-electron chi connectivity index (χ2n) is 5.24. The Hall–Kier alpha value is -2.30. The molecule has 5 nitrogen and oxygen atoms in total. The highest BCUT2D eigenvalue weighted by Crippen LogP contribution is 2.22. The quantitative estimate of drug-likeness (QED) is 0.881. The van der Waals surface area contributed by atoms with Crippen LogP contribution in [0.15, 0.2) is 24.3 Å². The molecule has 110 valence electrons. The summed E-state index contributed by atoms with van der Waals surface area (Å²) in [7, 11) is 1.65. The molecule has 0 radical (unpaired) electrons. The van der Waals surface area contributed by atoms with Crippen LogP contribution in [-0.2, 0) is 19.3 Å². The van der Waals surface area contributed by atoms with Gasteiger partial charge in [0.1, 0.15) is 5.75 Å². The van der Waals surface area contributed by atoms with Crippen molar-refractivity contribution in [3.8, 4) is 5.75 Å². The molecule has 1 aliphatic rings. The molecule has 0 bridgehead atoms. The van der Waals surface area contributed by atoms with Gasteiger partial charge in [-0.2, -0.15) is 5.10 Å². The highest BCUT2D eigenvalue weighted by atomic mass is 16.5. The average molecular weight is 285 g/mol. The Morgan fingerprint density at radius 1 is 1.43 bits per heavy atom. The second kappa shape index (κ2) is 5.99. The fourth-order valence-corrected chi connectivity index (χ4v) is 2.74. The highest BCUT2D eigenvalue weighted by molar-refractivity contribution is 5.94. The van der Waals surface area contributed by atoms with Crippen LogP contribution in [-0.4, -0.2) is 29.8 Å². The van der Waals surface area contributed by atoms with E-state index in [1.54, 1.807) is 7.11 Å². The minimum atomic E-state index is -0.0858. The van der Waals surface area contributed by atoms with Crippen LogP contribution < -0.4 is 10.1 Å². The van der Waals surface area contributed by atoms with Crippen LogP contribution in [0, 0.1) is 0 Å². The molecule has 0 atom stereocenters. The fraction of sp³-hybridized carbons (Fsp3) is 0.375. The third kappa shape index (κ3) is 2.91. The summed E-state index contributed by atoms with van der Waals surface area (Å²) in [6.07, 6.45) is 3.83. The zero-order valence-electron chi connectivity index (χ0n) is 12.1. The summed E-state index contributed by atoms with van der Waals surface area (Å²) in [5.74, 6) is 0.751. The van der Waals surface area contributed by atoms with Crippen molar-refractivity contribution in [2.24, 2.45) is 0 Å². The zero-order chi connectivity index (χ0) is 14.7. The lowest BCUT2D eigenvalue weighted by Crippen LogP contribution is -2.26. The van der Waals surface area contributed by atoms with Crippen molar-refractivity contribution in [3.05, 3.63) is 46.8 Å². The van der Waals surface area contributed by atoms with Crippen LogP contribution in [0.3, 0.4) is 0 Å². The van der Waals surface area contributed by atoms with Gasteiger partial charge < -0.3 is 10.1 Å². The third-order valence-electron chi connectivity index (χ3n) is 3.85. The molecule has 21 heavy (non-hydrogen) atoms. The van der Waals surface area contributed by atoms with Crippen molar-refractivity contribution >= 4 is 5.91 Å². The maximum Gasteiger partial charge on any atom is 0.272 e. The summed E-state index contributed by atoms with van der Waals surface area (Å²) in [6, 6.07) is 7.88. The largest absolute Gasteiger partial charge is 0.497 e. The lowest BCUT2D eigenvalue weighted by atomic mass is 10.1. The number of nitrogens with zero attached hydrogens (tertiary/aromatic N) is 1. The molecule has 5 heteroatoms. The van der Waals surface area contributed by atoms with Gasteiger partial charge in [-0.1, -0.05) is 12.1 Å². The van der Waals surface area contributed by atoms with E-state index < -0.39 is 0 Å². The molecule has 1 aromatic carbocycles. The van der Waals surface area contributed by atoms with Crippen LogP contribution in [0.5, 0.6) is 5.75 Å². The second-order valence-corrected chi connectivity index (χ2v) is 5.24. The number of nitrogens with one attached hydrogen (secondary N) is 2. The third-order valence-corrected chi connectivity index (χ3v) is 3.85. The molecule has 0 aliphatic heterocycles. The van der Waals surface area contributed by atoms with Crippen molar-refractivity contribution in [1.82, 2.24) is 15.5 Å². The number of amides is 1. The van der Waals surface area contributed by atoms with Gasteiger partial charge in [-0.05, 0) is 43.4 Å². The first-order chi connectivity index (χ1) is 10.3. The van der Waals surface area contributed by atoms with Crippen molar-refractivity contribution < 1.29 is 9.53 Å². The Morgan fingerprint density at radius 3 is 3.19 bits per heavy atom. The maximum absolute atomic E-state index is 12.2. The van der Waals surface area contributed by atoms with Crippen LogP contribution in [0.4, 0.5) is 0 Å². The number of rotatable bonds is 5. The van der Waals surface area contributed by atoms with E-state index in [0.717, 1.165) is 48.3 Å². The topological polar surface area (TPSA) is 67.0 Å². The lowest BCUT2D eigenvalue weighted by Gasteiger charge is -2.06. The Labute approximate surface area is 123 Å². The van der Waals surface area contributed by atoms with Gasteiger partial charge >= 0.3 is 0 Å². The summed E-state index contributed by atoms with van der Waals surface area (Å²) in [4.78, 5) is 12.2. The Bertz CT molecular complexity index is 649. The van der Waals surface area contributed by atoms with Gasteiger partial charge in [0.2, 0.25) is 0 Å². The van der Waals surface area contributed by atoms with E-state index in [1.807, 2.05) is 24.3 Å². The first-order valence-corrected chi connectivity index (χ1v) is 7.25. The van der Waals surface area contributed by atoms with Gasteiger partial charge in [0, 0.05) is 17.8 Å². The number of carbonyl (C=O) groups is 1. The number of aryl methyl sites for hydroxylation is 1. The molecular formula is C16H19N3O2. The van der Waals surface area contributed by atoms with Crippen LogP contribution in [0.25, 0.3) is 0 Å². The van der Waals surface area contributed by atoms with E-state index in [-0.39, 0.29) is 5.91 Å². The number of carbonyl (C=O) groups excluding carboxylic acids is 1. The van der Waals surface area contributed by atoms with Crippen LogP contribution in [0.2, 0.25) is 0 Å². The summed E-state index contributed by atoms with van der Waals surface area (Å²) in [6.45, 7) is 0.591. The van der Waals surface area contributed by atoms with Crippen LogP contribution in [0.1, 0.15) is 33.7 Å². The standard InChI is InChI=1S/C16H19N3O2/c1-21-12-5-2-4-11(10-12)8-9-17-16(20)15-13-6-3-7-14(13)18-19-15/h2,4-5,10H,3,6-9H2,1H3,(H,17,20)(H,18,19). The Morgan fingerprint density at radius 2 is 2.33 bits per heavy atom. The van der Waals surface area contributed by atoms with Crippen molar-refractivity contribution in [2.75, 3.05) is 13.7 Å². The molecule has 1 heterocycles. The molecule has 0 fully saturated rings. The molecule has 0 saturated carbocycles. The molecule has 0 saturated heterocycles. The van der Waals surface area contributed by atoms with Crippen molar-refractivity contribution in [1.29, 1.82) is 0 Å². The van der Waals surface area contributed by atoms with E-state index in [0.29, 0.717) is 12.2 Å². The normalized spacial score (nSPS) is 13.0. The summed E-state index contributed by atoms with van der Waals surface area (Å²) < 4.78 is 5.19. The van der Waals surface area contributed by atoms with Crippen molar-refractivity contribution in [2.45, 2.75) is 25.7 Å². The predicted octanol–water partition coefficient (Wildman–Crippen LogP) is 1.88. The Balaban J connectivity index is 1.56. The van der Waals surface area contributed by atoms with Crippen LogP contribution >= 0.6 is 0 Å². The minimum absolute atomic E-state index is 0.0858. The van der Waals surface area contributed by atoms with E-state index in [2.05, 4.69) is 15.5 Å². The first-order valence-electron chi connectivity index (χ1n) is 7.25. The van der Waals surface area contributed by atoms with E-state index >= 15 is 0 Å². The van der Waals surface area contributed by atoms with E-state index in [1.165, 1.54) is 0 Å². The lowest BCUT2D eigenvalue weighted by molar-refractivity contribution is 0.0948. The Kier molecular flexibility index (Phi) is 3.90. The molecule has 0 spiro atoms. The van der Waals surface area contributed by atoms with Gasteiger partial charge in [0.15, 0.2) is 5.69 Å². The molecule has 1 aromatic heterocycles. The van der Waals surface area contributed by atoms with Gasteiger partial charge in [-0.15, -0.1) is 0 Å². The molecule has 2 aromatic rings. The number of hydrogen-bond acceptors (Lipinski definition) is 3. The number of H-pyrrole nitrogens is 1. The number of hydrogen-bond donors (Lipinski definition) is 2. The molecule has 2 N–H and O–H groups in total. The van der Waals surface area contributed by atoms with Gasteiger partial charge in [-0.3, -0.25) is 9.89 Å². The number of fused-ring (bicyclic) bond motifs is 1. The number of aromatic amines is 1. The van der Waals surface area contributed by atoms with Crippen molar-refractivity contribution in [3.63, 3.8) is 0 Å². The molecule has 1 amide bonds. The number of methoxy groups -OCH3 is 1. The SMILES string of the molecule is COc1cccc(CCNC(=O)c2n[nH]c3c2CCC3)c1. The zero-order valence-corrected chi connectivity index (χ0v) is 12.1. The maximum atomic E-state index is 12.2. The van der Waals surface area contributed by atoms with Gasteiger partial charge in [0.25, 0.3) is 5.91 Å². The molecule has 0 unspecified atom stereocenters. The van der Waals surface area contributed by atoms with E-state index in [9.17, 15) is 4.79 Å². The monoisotopic (exact) mass is 285 g/mol. The van der Waals surface area contributed by atoms with E-state index in [4.69, 9.17) is 4.74 Å². The highest BCUT2D eigenvalue weighted by Gasteiger charge is 2.22. The average Bonchev–Trinajstić information content (AvgIpc) is 3.10. The summed E-state index contributed by atoms with van der Waals surface area (Å²) in [5, 5.41) is 10.0. The van der Waals surface area contributed by atoms with Gasteiger partial charge in [-0.25, -0.2) is 0 Å². The first kappa shape index (κ1) is 13.7. The number of aromatic nitrogens is 2. The molecular weight excluding hydrogens is 266 g/mol. The molecule has 1 aliphatic carbocycles. The predicted molar refractivity (Wildman–Crippen MR) is 79.6 cm³/mol. The summed E-state index contributed by atoms with van der Waals surface area (Å²) >= 11 is 0. The molecule has 3 rings (SSSR count). The smallest absolute Gasteiger partial charge is 0.272 e.